The molecule has 0 aromatic heterocycles. The van der Waals surface area contributed by atoms with Crippen molar-refractivity contribution in [2.75, 3.05) is 7.11 Å². The number of phenolic OH excluding ortho intramolecular Hbond substituents is 2. The predicted octanol–water partition coefficient (Wildman–Crippen LogP) is 3.20. The maximum absolute atomic E-state index is 12.0. The topological polar surface area (TPSA) is 83.8 Å². The van der Waals surface area contributed by atoms with E-state index in [4.69, 9.17) is 4.74 Å². The van der Waals surface area contributed by atoms with Gasteiger partial charge in [0, 0.05) is 18.9 Å². The van der Waals surface area contributed by atoms with Crippen LogP contribution in [0.5, 0.6) is 17.2 Å². The molecule has 0 unspecified atom stereocenters. The molecule has 0 atom stereocenters. The molecule has 0 saturated heterocycles. The normalized spacial score (nSPS) is 10.4. The van der Waals surface area contributed by atoms with Gasteiger partial charge in [-0.05, 0) is 42.2 Å². The summed E-state index contributed by atoms with van der Waals surface area (Å²) in [6, 6.07) is 11.5. The van der Waals surface area contributed by atoms with E-state index < -0.39 is 0 Å². The lowest BCUT2D eigenvalue weighted by Gasteiger charge is -2.08. The first-order valence-corrected chi connectivity index (χ1v) is 8.15. The Morgan fingerprint density at radius 2 is 1.48 bits per heavy atom. The zero-order chi connectivity index (χ0) is 18.2. The Hall–Kier alpha value is -2.82. The van der Waals surface area contributed by atoms with Crippen LogP contribution in [0.1, 0.15) is 30.4 Å². The first kappa shape index (κ1) is 18.5. The van der Waals surface area contributed by atoms with Gasteiger partial charge in [-0.25, -0.2) is 0 Å². The van der Waals surface area contributed by atoms with Crippen molar-refractivity contribution in [2.45, 2.75) is 32.1 Å². The van der Waals surface area contributed by atoms with Crippen molar-refractivity contribution in [3.8, 4) is 17.2 Å². The fourth-order valence-electron chi connectivity index (χ4n) is 2.56. The summed E-state index contributed by atoms with van der Waals surface area (Å²) in [7, 11) is 1.51. The highest BCUT2D eigenvalue weighted by molar-refractivity contribution is 5.99. The number of rotatable bonds is 9. The smallest absolute Gasteiger partial charge is 0.140 e. The number of carbonyl (C=O) groups excluding carboxylic acids is 2. The van der Waals surface area contributed by atoms with Crippen molar-refractivity contribution in [1.82, 2.24) is 0 Å². The number of ketones is 2. The van der Waals surface area contributed by atoms with Gasteiger partial charge in [-0.1, -0.05) is 18.2 Å². The number of phenols is 2. The molecule has 25 heavy (non-hydrogen) atoms. The summed E-state index contributed by atoms with van der Waals surface area (Å²) in [5.41, 5.74) is 1.78. The fraction of sp³-hybridized carbons (Fsp3) is 0.300. The van der Waals surface area contributed by atoms with Crippen LogP contribution in [0.4, 0.5) is 0 Å². The van der Waals surface area contributed by atoms with Crippen molar-refractivity contribution < 1.29 is 24.5 Å². The molecule has 0 aliphatic carbocycles. The second-order valence-corrected chi connectivity index (χ2v) is 5.92. The van der Waals surface area contributed by atoms with Gasteiger partial charge in [-0.2, -0.15) is 0 Å². The number of Topliss-reactive ketones (excluding diaryl/α,β-unsaturated/α-hetero) is 2. The van der Waals surface area contributed by atoms with Gasteiger partial charge in [0.2, 0.25) is 0 Å². The summed E-state index contributed by atoms with van der Waals surface area (Å²) in [6.45, 7) is 0. The standard InChI is InChI=1S/C20H22O5/c1-25-20-13-19(24)11-6-15(20)5-10-18(23)12-17(22)9-4-14-2-7-16(21)8-3-14/h2-3,6-8,11,13,21,24H,4-5,9-10,12H2,1H3. The second kappa shape index (κ2) is 8.87. The fourth-order valence-corrected chi connectivity index (χ4v) is 2.56. The van der Waals surface area contributed by atoms with Crippen LogP contribution in [0, 0.1) is 0 Å². The molecule has 0 aliphatic rings. The van der Waals surface area contributed by atoms with E-state index in [0.717, 1.165) is 11.1 Å². The van der Waals surface area contributed by atoms with Gasteiger partial charge in [0.1, 0.15) is 28.8 Å². The first-order chi connectivity index (χ1) is 12.0. The Labute approximate surface area is 146 Å². The molecule has 0 fully saturated rings. The molecule has 0 bridgehead atoms. The molecule has 132 valence electrons. The lowest BCUT2D eigenvalue weighted by atomic mass is 10.0. The van der Waals surface area contributed by atoms with E-state index in [0.29, 0.717) is 25.0 Å². The van der Waals surface area contributed by atoms with Crippen LogP contribution in [-0.4, -0.2) is 28.9 Å². The summed E-state index contributed by atoms with van der Waals surface area (Å²) in [4.78, 5) is 24.0. The summed E-state index contributed by atoms with van der Waals surface area (Å²) in [6.07, 6.45) is 1.51. The van der Waals surface area contributed by atoms with Crippen LogP contribution in [0.2, 0.25) is 0 Å². The van der Waals surface area contributed by atoms with E-state index in [1.54, 1.807) is 36.4 Å². The number of aromatic hydroxyl groups is 2. The molecule has 2 rings (SSSR count). The molecule has 2 aromatic carbocycles. The Balaban J connectivity index is 1.78. The molecular formula is C20H22O5. The summed E-state index contributed by atoms with van der Waals surface area (Å²) in [5, 5.41) is 18.7. The third-order valence-corrected chi connectivity index (χ3v) is 3.97. The van der Waals surface area contributed by atoms with Gasteiger partial charge in [0.25, 0.3) is 0 Å². The quantitative estimate of drug-likeness (QED) is 0.684. The Morgan fingerprint density at radius 3 is 2.12 bits per heavy atom. The van der Waals surface area contributed by atoms with Crippen LogP contribution < -0.4 is 4.74 Å². The van der Waals surface area contributed by atoms with Gasteiger partial charge >= 0.3 is 0 Å². The third kappa shape index (κ3) is 5.95. The van der Waals surface area contributed by atoms with E-state index in [2.05, 4.69) is 0 Å². The van der Waals surface area contributed by atoms with Crippen molar-refractivity contribution >= 4 is 11.6 Å². The maximum atomic E-state index is 12.0. The summed E-state index contributed by atoms with van der Waals surface area (Å²) >= 11 is 0. The monoisotopic (exact) mass is 342 g/mol. The van der Waals surface area contributed by atoms with Crippen LogP contribution in [0.3, 0.4) is 0 Å². The van der Waals surface area contributed by atoms with Crippen molar-refractivity contribution in [1.29, 1.82) is 0 Å². The van der Waals surface area contributed by atoms with E-state index in [-0.39, 0.29) is 35.9 Å². The molecule has 0 aliphatic heterocycles. The Morgan fingerprint density at radius 1 is 0.880 bits per heavy atom. The number of aryl methyl sites for hydroxylation is 2. The lowest BCUT2D eigenvalue weighted by Crippen LogP contribution is -2.09. The van der Waals surface area contributed by atoms with Gasteiger partial charge in [0.15, 0.2) is 0 Å². The minimum atomic E-state index is -0.106. The molecule has 0 spiro atoms. The Bertz CT molecular complexity index is 734. The van der Waals surface area contributed by atoms with Crippen LogP contribution >= 0.6 is 0 Å². The number of ether oxygens (including phenoxy) is 1. The minimum absolute atomic E-state index is 0.0709. The van der Waals surface area contributed by atoms with Crippen LogP contribution in [0.15, 0.2) is 42.5 Å². The van der Waals surface area contributed by atoms with Crippen molar-refractivity contribution in [3.05, 3.63) is 53.6 Å². The predicted molar refractivity (Wildman–Crippen MR) is 94.0 cm³/mol. The number of carbonyl (C=O) groups is 2. The van der Waals surface area contributed by atoms with E-state index in [1.165, 1.54) is 13.2 Å². The number of methoxy groups -OCH3 is 1. The average Bonchev–Trinajstić information content (AvgIpc) is 2.60. The van der Waals surface area contributed by atoms with E-state index in [1.807, 2.05) is 0 Å². The SMILES string of the molecule is COc1cc(O)ccc1CCC(=O)CC(=O)CCc1ccc(O)cc1. The highest BCUT2D eigenvalue weighted by Gasteiger charge is 2.12. The molecule has 5 heteroatoms. The minimum Gasteiger partial charge on any atom is -0.508 e. The Kier molecular flexibility index (Phi) is 6.57. The molecule has 0 saturated carbocycles. The van der Waals surface area contributed by atoms with Crippen molar-refractivity contribution in [3.63, 3.8) is 0 Å². The first-order valence-electron chi connectivity index (χ1n) is 8.15. The number of hydrogen-bond donors (Lipinski definition) is 2. The molecule has 0 heterocycles. The molecular weight excluding hydrogens is 320 g/mol. The number of benzene rings is 2. The van der Waals surface area contributed by atoms with Gasteiger partial charge in [-0.15, -0.1) is 0 Å². The van der Waals surface area contributed by atoms with Gasteiger partial charge in [-0.3, -0.25) is 9.59 Å². The van der Waals surface area contributed by atoms with Gasteiger partial charge in [0.05, 0.1) is 13.5 Å². The number of hydrogen-bond acceptors (Lipinski definition) is 5. The third-order valence-electron chi connectivity index (χ3n) is 3.97. The zero-order valence-electron chi connectivity index (χ0n) is 14.2. The zero-order valence-corrected chi connectivity index (χ0v) is 14.2. The maximum Gasteiger partial charge on any atom is 0.140 e. The van der Waals surface area contributed by atoms with Crippen molar-refractivity contribution in [2.24, 2.45) is 0 Å². The highest BCUT2D eigenvalue weighted by Crippen LogP contribution is 2.25. The summed E-state index contributed by atoms with van der Waals surface area (Å²) < 4.78 is 5.18. The van der Waals surface area contributed by atoms with Crippen LogP contribution in [0.25, 0.3) is 0 Å². The molecule has 0 radical (unpaired) electrons. The second-order valence-electron chi connectivity index (χ2n) is 5.92. The van der Waals surface area contributed by atoms with E-state index in [9.17, 15) is 19.8 Å². The van der Waals surface area contributed by atoms with Crippen LogP contribution in [-0.2, 0) is 22.4 Å². The van der Waals surface area contributed by atoms with E-state index >= 15 is 0 Å². The average molecular weight is 342 g/mol. The highest BCUT2D eigenvalue weighted by atomic mass is 16.5. The molecule has 2 N–H and O–H groups in total. The van der Waals surface area contributed by atoms with Gasteiger partial charge < -0.3 is 14.9 Å². The summed E-state index contributed by atoms with van der Waals surface area (Å²) in [5.74, 6) is 0.638. The lowest BCUT2D eigenvalue weighted by molar-refractivity contribution is -0.126. The molecule has 2 aromatic rings. The largest absolute Gasteiger partial charge is 0.508 e. The molecule has 0 amide bonds. The molecule has 5 nitrogen and oxygen atoms in total.